The number of rotatable bonds is 1. The molecule has 4 nitrogen and oxygen atoms in total. The Labute approximate surface area is 161 Å². The maximum Gasteiger partial charge on any atom is 0.265 e. The van der Waals surface area contributed by atoms with Crippen LogP contribution in [0, 0.1) is 6.92 Å². The fourth-order valence-corrected chi connectivity index (χ4v) is 5.50. The van der Waals surface area contributed by atoms with Gasteiger partial charge in [0.05, 0.1) is 0 Å². The number of nitrogens with one attached hydrogen (secondary N) is 1. The first-order valence-corrected chi connectivity index (χ1v) is 9.63. The minimum atomic E-state index is -1.09. The fourth-order valence-electron chi connectivity index (χ4n) is 3.65. The molecule has 0 radical (unpaired) electrons. The highest BCUT2D eigenvalue weighted by molar-refractivity contribution is 8.02. The number of fused-ring (bicyclic) bond motifs is 2. The van der Waals surface area contributed by atoms with Gasteiger partial charge in [-0.2, -0.15) is 0 Å². The Hall–Kier alpha value is -1.98. The number of hydrogen-bond acceptors (Lipinski definition) is 3. The summed E-state index contributed by atoms with van der Waals surface area (Å²) < 4.78 is -0.262. The van der Waals surface area contributed by atoms with Crippen LogP contribution in [-0.2, 0) is 9.67 Å². The molecule has 2 aromatic carbocycles. The first kappa shape index (κ1) is 17.4. The highest BCUT2D eigenvalue weighted by Gasteiger charge is 2.61. The largest absolute Gasteiger partial charge is 0.323 e. The van der Waals surface area contributed by atoms with Gasteiger partial charge in [0.25, 0.3) is 11.8 Å². The molecule has 0 aliphatic carbocycles. The normalized spacial score (nSPS) is 23.2. The number of carbonyl (C=O) groups is 2. The minimum Gasteiger partial charge on any atom is -0.323 e. The average Bonchev–Trinajstić information content (AvgIpc) is 3.02. The molecule has 0 bridgehead atoms. The van der Waals surface area contributed by atoms with E-state index in [-0.39, 0.29) is 16.6 Å². The van der Waals surface area contributed by atoms with Gasteiger partial charge in [0.2, 0.25) is 0 Å². The van der Waals surface area contributed by atoms with Crippen LogP contribution in [0.4, 0.5) is 5.69 Å². The number of aryl methyl sites for hydroxylation is 1. The molecule has 1 fully saturated rings. The van der Waals surface area contributed by atoms with Crippen molar-refractivity contribution in [2.45, 2.75) is 30.4 Å². The topological polar surface area (TPSA) is 49.4 Å². The first-order valence-electron chi connectivity index (χ1n) is 8.43. The van der Waals surface area contributed by atoms with Crippen LogP contribution < -0.4 is 5.32 Å². The minimum absolute atomic E-state index is 0.147. The molecular weight excluding hydrogens is 368 g/mol. The zero-order valence-corrected chi connectivity index (χ0v) is 16.4. The lowest BCUT2D eigenvalue weighted by atomic mass is 10.0. The van der Waals surface area contributed by atoms with Crippen molar-refractivity contribution in [2.24, 2.45) is 0 Å². The number of nitrogens with zero attached hydrogens (tertiary/aromatic N) is 1. The van der Waals surface area contributed by atoms with Crippen LogP contribution in [0.3, 0.4) is 0 Å². The van der Waals surface area contributed by atoms with Crippen LogP contribution >= 0.6 is 23.4 Å². The molecule has 0 unspecified atom stereocenters. The summed E-state index contributed by atoms with van der Waals surface area (Å²) in [6.45, 7) is 6.56. The van der Waals surface area contributed by atoms with Gasteiger partial charge in [0.15, 0.2) is 4.87 Å². The number of anilines is 1. The summed E-state index contributed by atoms with van der Waals surface area (Å²) in [4.78, 5) is 27.0. The fraction of sp³-hybridized carbons (Fsp3) is 0.300. The third kappa shape index (κ3) is 2.53. The molecule has 0 saturated carbocycles. The molecule has 0 aromatic heterocycles. The van der Waals surface area contributed by atoms with Gasteiger partial charge < -0.3 is 10.2 Å². The maximum atomic E-state index is 13.3. The van der Waals surface area contributed by atoms with Gasteiger partial charge in [0.1, 0.15) is 0 Å². The summed E-state index contributed by atoms with van der Waals surface area (Å²) >= 11 is 7.72. The summed E-state index contributed by atoms with van der Waals surface area (Å²) in [7, 11) is 0. The molecule has 2 amide bonds. The standard InChI is InChI=1S/C20H19ClN2O2S/c1-12-4-6-13(7-5-12)17(24)23-11-19(2,3)26-20(23)15-10-14(21)8-9-16(15)22-18(20)25/h4-10H,11H2,1-3H3,(H,22,25)/t20-/m0/s1. The zero-order chi connectivity index (χ0) is 18.7. The van der Waals surface area contributed by atoms with Crippen molar-refractivity contribution < 1.29 is 9.59 Å². The van der Waals surface area contributed by atoms with Crippen molar-refractivity contribution in [3.63, 3.8) is 0 Å². The van der Waals surface area contributed by atoms with E-state index in [0.717, 1.165) is 11.1 Å². The van der Waals surface area contributed by atoms with Gasteiger partial charge in [-0.3, -0.25) is 9.59 Å². The van der Waals surface area contributed by atoms with Crippen LogP contribution in [0.5, 0.6) is 0 Å². The average molecular weight is 387 g/mol. The van der Waals surface area contributed by atoms with E-state index in [4.69, 9.17) is 11.6 Å². The number of thioether (sulfide) groups is 1. The summed E-state index contributed by atoms with van der Waals surface area (Å²) in [5, 5.41) is 3.48. The van der Waals surface area contributed by atoms with E-state index in [1.807, 2.05) is 31.2 Å². The van der Waals surface area contributed by atoms with E-state index in [1.54, 1.807) is 23.1 Å². The monoisotopic (exact) mass is 386 g/mol. The Morgan fingerprint density at radius 3 is 2.58 bits per heavy atom. The Bertz CT molecular complexity index is 926. The summed E-state index contributed by atoms with van der Waals surface area (Å²) in [5.74, 6) is -0.336. The van der Waals surface area contributed by atoms with Crippen molar-refractivity contribution in [3.8, 4) is 0 Å². The smallest absolute Gasteiger partial charge is 0.265 e. The van der Waals surface area contributed by atoms with Gasteiger partial charge >= 0.3 is 0 Å². The van der Waals surface area contributed by atoms with E-state index in [0.29, 0.717) is 22.8 Å². The van der Waals surface area contributed by atoms with Crippen LogP contribution in [0.2, 0.25) is 5.02 Å². The molecule has 6 heteroatoms. The number of carbonyl (C=O) groups excluding carboxylic acids is 2. The first-order chi connectivity index (χ1) is 12.2. The third-order valence-electron chi connectivity index (χ3n) is 4.79. The van der Waals surface area contributed by atoms with Crippen LogP contribution in [0.25, 0.3) is 0 Å². The molecule has 1 atom stereocenters. The molecule has 1 saturated heterocycles. The molecule has 2 aliphatic rings. The SMILES string of the molecule is Cc1ccc(C(=O)N2CC(C)(C)S[C@@]23C(=O)Nc2ccc(Cl)cc23)cc1. The number of hydrogen-bond donors (Lipinski definition) is 1. The molecular formula is C20H19ClN2O2S. The molecule has 4 rings (SSSR count). The van der Waals surface area contributed by atoms with E-state index >= 15 is 0 Å². The van der Waals surface area contributed by atoms with Crippen molar-refractivity contribution in [1.82, 2.24) is 4.90 Å². The lowest BCUT2D eigenvalue weighted by molar-refractivity contribution is -0.121. The van der Waals surface area contributed by atoms with Crippen LogP contribution in [0.1, 0.15) is 35.3 Å². The highest BCUT2D eigenvalue weighted by Crippen LogP contribution is 2.58. The Morgan fingerprint density at radius 2 is 1.88 bits per heavy atom. The number of halogens is 1. The van der Waals surface area contributed by atoms with Crippen LogP contribution in [-0.4, -0.2) is 28.0 Å². The molecule has 134 valence electrons. The summed E-state index contributed by atoms with van der Waals surface area (Å²) in [6.07, 6.45) is 0. The number of amides is 2. The lowest BCUT2D eigenvalue weighted by Gasteiger charge is -2.32. The summed E-state index contributed by atoms with van der Waals surface area (Å²) in [5.41, 5.74) is 3.14. The molecule has 2 aliphatic heterocycles. The quantitative estimate of drug-likeness (QED) is 0.789. The van der Waals surface area contributed by atoms with E-state index in [1.165, 1.54) is 11.8 Å². The second-order valence-corrected chi connectivity index (χ2v) is 9.74. The molecule has 1 N–H and O–H groups in total. The van der Waals surface area contributed by atoms with Crippen LogP contribution in [0.15, 0.2) is 42.5 Å². The van der Waals surface area contributed by atoms with Crippen molar-refractivity contribution in [1.29, 1.82) is 0 Å². The highest BCUT2D eigenvalue weighted by atomic mass is 35.5. The summed E-state index contributed by atoms with van der Waals surface area (Å²) in [6, 6.07) is 12.8. The predicted molar refractivity (Wildman–Crippen MR) is 106 cm³/mol. The van der Waals surface area contributed by atoms with Crippen molar-refractivity contribution in [3.05, 3.63) is 64.2 Å². The van der Waals surface area contributed by atoms with Crippen molar-refractivity contribution >= 4 is 40.9 Å². The molecule has 2 heterocycles. The molecule has 26 heavy (non-hydrogen) atoms. The molecule has 2 aromatic rings. The maximum absolute atomic E-state index is 13.3. The van der Waals surface area contributed by atoms with Gasteiger partial charge in [-0.15, -0.1) is 11.8 Å². The third-order valence-corrected chi connectivity index (χ3v) is 6.63. The van der Waals surface area contributed by atoms with Gasteiger partial charge in [-0.1, -0.05) is 29.3 Å². The lowest BCUT2D eigenvalue weighted by Crippen LogP contribution is -2.48. The second kappa shape index (κ2) is 5.76. The van der Waals surface area contributed by atoms with Crippen molar-refractivity contribution in [2.75, 3.05) is 11.9 Å². The molecule has 1 spiro atoms. The Kier molecular flexibility index (Phi) is 3.86. The Balaban J connectivity index is 1.86. The second-order valence-electron chi connectivity index (χ2n) is 7.41. The number of benzene rings is 2. The van der Waals surface area contributed by atoms with E-state index in [9.17, 15) is 9.59 Å². The van der Waals surface area contributed by atoms with Gasteiger partial charge in [-0.05, 0) is 51.1 Å². The predicted octanol–water partition coefficient (Wildman–Crippen LogP) is 4.42. The Morgan fingerprint density at radius 1 is 1.19 bits per heavy atom. The van der Waals surface area contributed by atoms with Gasteiger partial charge in [0, 0.05) is 33.1 Å². The van der Waals surface area contributed by atoms with E-state index in [2.05, 4.69) is 19.2 Å². The van der Waals surface area contributed by atoms with Gasteiger partial charge in [-0.25, -0.2) is 0 Å². The van der Waals surface area contributed by atoms with E-state index < -0.39 is 4.87 Å². The zero-order valence-electron chi connectivity index (χ0n) is 14.8.